The molecule has 1 aliphatic heterocycles. The summed E-state index contributed by atoms with van der Waals surface area (Å²) in [5.41, 5.74) is 4.24. The van der Waals surface area contributed by atoms with Gasteiger partial charge in [-0.15, -0.1) is 0 Å². The van der Waals surface area contributed by atoms with Gasteiger partial charge in [0.05, 0.1) is 5.69 Å². The van der Waals surface area contributed by atoms with Gasteiger partial charge in [-0.25, -0.2) is 0 Å². The first-order valence-electron chi connectivity index (χ1n) is 9.51. The molecule has 0 bridgehead atoms. The van der Waals surface area contributed by atoms with Gasteiger partial charge in [0.2, 0.25) is 0 Å². The molecule has 3 rings (SSSR count). The third-order valence-corrected chi connectivity index (χ3v) is 5.11. The van der Waals surface area contributed by atoms with Crippen LogP contribution >= 0.6 is 0 Å². The number of anilines is 1. The zero-order valence-corrected chi connectivity index (χ0v) is 16.6. The predicted molar refractivity (Wildman–Crippen MR) is 106 cm³/mol. The second-order valence-electron chi connectivity index (χ2n) is 7.82. The lowest BCUT2D eigenvalue weighted by Crippen LogP contribution is -2.54. The zero-order valence-electron chi connectivity index (χ0n) is 16.6. The number of aromatic nitrogens is 2. The van der Waals surface area contributed by atoms with Gasteiger partial charge in [0.1, 0.15) is 5.69 Å². The lowest BCUT2D eigenvalue weighted by Gasteiger charge is -2.41. The summed E-state index contributed by atoms with van der Waals surface area (Å²) in [6.07, 6.45) is 0.901. The number of hydrogen-bond acceptors (Lipinski definition) is 3. The summed E-state index contributed by atoms with van der Waals surface area (Å²) < 4.78 is 1.74. The van der Waals surface area contributed by atoms with E-state index in [0.29, 0.717) is 11.6 Å². The first-order chi connectivity index (χ1) is 12.4. The molecule has 0 radical (unpaired) electrons. The Balaban J connectivity index is 1.72. The van der Waals surface area contributed by atoms with Crippen LogP contribution < -0.4 is 4.90 Å². The summed E-state index contributed by atoms with van der Waals surface area (Å²) in [7, 11) is 1.87. The molecule has 1 amide bonds. The van der Waals surface area contributed by atoms with Crippen LogP contribution in [0.2, 0.25) is 0 Å². The molecule has 2 heterocycles. The van der Waals surface area contributed by atoms with E-state index in [2.05, 4.69) is 62.0 Å². The fourth-order valence-electron chi connectivity index (χ4n) is 3.79. The maximum atomic E-state index is 13.1. The Morgan fingerprint density at radius 1 is 1.27 bits per heavy atom. The first kappa shape index (κ1) is 18.5. The van der Waals surface area contributed by atoms with Crippen molar-refractivity contribution in [2.75, 3.05) is 24.5 Å². The van der Waals surface area contributed by atoms with Crippen molar-refractivity contribution in [1.82, 2.24) is 14.7 Å². The normalized spacial score (nSPS) is 17.8. The van der Waals surface area contributed by atoms with Gasteiger partial charge in [0, 0.05) is 38.4 Å². The van der Waals surface area contributed by atoms with Crippen molar-refractivity contribution in [3.63, 3.8) is 0 Å². The number of hydrogen-bond donors (Lipinski definition) is 0. The van der Waals surface area contributed by atoms with E-state index in [4.69, 9.17) is 0 Å². The molecular formula is C21H30N4O. The van der Waals surface area contributed by atoms with Crippen LogP contribution in [0.15, 0.2) is 30.3 Å². The van der Waals surface area contributed by atoms with Gasteiger partial charge in [-0.1, -0.05) is 32.0 Å². The van der Waals surface area contributed by atoms with Crippen LogP contribution in [0.1, 0.15) is 42.5 Å². The highest BCUT2D eigenvalue weighted by Gasteiger charge is 2.30. The molecule has 26 heavy (non-hydrogen) atoms. The summed E-state index contributed by atoms with van der Waals surface area (Å²) in [6.45, 7) is 11.1. The average Bonchev–Trinajstić information content (AvgIpc) is 2.94. The number of rotatable bonds is 4. The molecule has 0 saturated carbocycles. The number of carbonyl (C=O) groups is 1. The molecule has 5 nitrogen and oxygen atoms in total. The molecule has 1 saturated heterocycles. The van der Waals surface area contributed by atoms with E-state index >= 15 is 0 Å². The molecule has 1 atom stereocenters. The second kappa shape index (κ2) is 7.52. The smallest absolute Gasteiger partial charge is 0.272 e. The summed E-state index contributed by atoms with van der Waals surface area (Å²) in [5.74, 6) is 0.622. The number of carbonyl (C=O) groups excluding carboxylic acids is 1. The van der Waals surface area contributed by atoms with Crippen molar-refractivity contribution < 1.29 is 4.79 Å². The minimum atomic E-state index is 0.0898. The number of aryl methyl sites for hydroxylation is 2. The Morgan fingerprint density at radius 3 is 2.65 bits per heavy atom. The van der Waals surface area contributed by atoms with Crippen LogP contribution in [0.4, 0.5) is 5.69 Å². The standard InChI is InChI=1S/C21H30N4O/c1-15(2)12-18-13-20(23(5)22-18)21(26)25-11-10-24(14-17(25)4)19-9-7-6-8-16(19)3/h6-9,13,15,17H,10-12,14H2,1-5H3. The Bertz CT molecular complexity index is 780. The summed E-state index contributed by atoms with van der Waals surface area (Å²) in [6, 6.07) is 10.6. The largest absolute Gasteiger partial charge is 0.367 e. The number of benzene rings is 1. The lowest BCUT2D eigenvalue weighted by molar-refractivity contribution is 0.0663. The predicted octanol–water partition coefficient (Wildman–Crippen LogP) is 3.28. The molecule has 1 unspecified atom stereocenters. The Kier molecular flexibility index (Phi) is 5.35. The van der Waals surface area contributed by atoms with Gasteiger partial charge in [-0.05, 0) is 43.9 Å². The molecule has 0 aliphatic carbocycles. The molecule has 1 fully saturated rings. The van der Waals surface area contributed by atoms with Crippen molar-refractivity contribution in [3.8, 4) is 0 Å². The van der Waals surface area contributed by atoms with Gasteiger partial charge in [-0.3, -0.25) is 9.48 Å². The van der Waals surface area contributed by atoms with Gasteiger partial charge >= 0.3 is 0 Å². The first-order valence-corrected chi connectivity index (χ1v) is 9.51. The fraction of sp³-hybridized carbons (Fsp3) is 0.524. The van der Waals surface area contributed by atoms with E-state index in [1.165, 1.54) is 11.3 Å². The van der Waals surface area contributed by atoms with E-state index in [9.17, 15) is 4.79 Å². The minimum absolute atomic E-state index is 0.0898. The fourth-order valence-corrected chi connectivity index (χ4v) is 3.79. The molecule has 2 aromatic rings. The highest BCUT2D eigenvalue weighted by atomic mass is 16.2. The molecule has 1 aromatic heterocycles. The van der Waals surface area contributed by atoms with E-state index in [-0.39, 0.29) is 11.9 Å². The van der Waals surface area contributed by atoms with Crippen molar-refractivity contribution >= 4 is 11.6 Å². The molecule has 5 heteroatoms. The number of nitrogens with zero attached hydrogens (tertiary/aromatic N) is 4. The van der Waals surface area contributed by atoms with Gasteiger partial charge in [0.25, 0.3) is 5.91 Å². The molecule has 0 N–H and O–H groups in total. The molecule has 140 valence electrons. The van der Waals surface area contributed by atoms with E-state index in [0.717, 1.165) is 31.7 Å². The van der Waals surface area contributed by atoms with Crippen LogP contribution in [-0.4, -0.2) is 46.3 Å². The van der Waals surface area contributed by atoms with Crippen LogP contribution in [-0.2, 0) is 13.5 Å². The van der Waals surface area contributed by atoms with Gasteiger partial charge in [0.15, 0.2) is 0 Å². The van der Waals surface area contributed by atoms with Crippen LogP contribution in [0, 0.1) is 12.8 Å². The summed E-state index contributed by atoms with van der Waals surface area (Å²) in [4.78, 5) is 17.5. The molecular weight excluding hydrogens is 324 g/mol. The lowest BCUT2D eigenvalue weighted by atomic mass is 10.1. The zero-order chi connectivity index (χ0) is 18.8. The Labute approximate surface area is 156 Å². The SMILES string of the molecule is Cc1ccccc1N1CCN(C(=O)c2cc(CC(C)C)nn2C)C(C)C1. The number of amides is 1. The molecule has 1 aromatic carbocycles. The topological polar surface area (TPSA) is 41.4 Å². The Morgan fingerprint density at radius 2 is 2.00 bits per heavy atom. The number of para-hydroxylation sites is 1. The minimum Gasteiger partial charge on any atom is -0.367 e. The van der Waals surface area contributed by atoms with Crippen LogP contribution in [0.3, 0.4) is 0 Å². The van der Waals surface area contributed by atoms with Crippen LogP contribution in [0.25, 0.3) is 0 Å². The summed E-state index contributed by atoms with van der Waals surface area (Å²) >= 11 is 0. The Hall–Kier alpha value is -2.30. The van der Waals surface area contributed by atoms with Gasteiger partial charge < -0.3 is 9.80 Å². The van der Waals surface area contributed by atoms with Crippen molar-refractivity contribution in [1.29, 1.82) is 0 Å². The highest BCUT2D eigenvalue weighted by Crippen LogP contribution is 2.24. The quantitative estimate of drug-likeness (QED) is 0.846. The maximum Gasteiger partial charge on any atom is 0.272 e. The third-order valence-electron chi connectivity index (χ3n) is 5.11. The highest BCUT2D eigenvalue weighted by molar-refractivity contribution is 5.93. The van der Waals surface area contributed by atoms with Crippen LogP contribution in [0.5, 0.6) is 0 Å². The third kappa shape index (κ3) is 3.76. The monoisotopic (exact) mass is 354 g/mol. The van der Waals surface area contributed by atoms with Crippen molar-refractivity contribution in [3.05, 3.63) is 47.3 Å². The van der Waals surface area contributed by atoms with E-state index in [1.54, 1.807) is 4.68 Å². The van der Waals surface area contributed by atoms with E-state index < -0.39 is 0 Å². The summed E-state index contributed by atoms with van der Waals surface area (Å²) in [5, 5.41) is 4.52. The average molecular weight is 354 g/mol. The molecule has 0 spiro atoms. The van der Waals surface area contributed by atoms with E-state index in [1.807, 2.05) is 18.0 Å². The van der Waals surface area contributed by atoms with Crippen molar-refractivity contribution in [2.45, 2.75) is 40.2 Å². The molecule has 1 aliphatic rings. The van der Waals surface area contributed by atoms with Crippen molar-refractivity contribution in [2.24, 2.45) is 13.0 Å². The number of piperazine rings is 1. The van der Waals surface area contributed by atoms with Gasteiger partial charge in [-0.2, -0.15) is 5.10 Å². The maximum absolute atomic E-state index is 13.1. The second-order valence-corrected chi connectivity index (χ2v) is 7.82.